The van der Waals surface area contributed by atoms with Gasteiger partial charge >= 0.3 is 11.9 Å². The largest absolute Gasteiger partial charge is 0.481 e. The molecular formula is C24H23NO5. The van der Waals surface area contributed by atoms with Gasteiger partial charge in [-0.1, -0.05) is 30.3 Å². The highest BCUT2D eigenvalue weighted by Gasteiger charge is 2.13. The summed E-state index contributed by atoms with van der Waals surface area (Å²) in [7, 11) is 0. The molecule has 0 radical (unpaired) electrons. The van der Waals surface area contributed by atoms with Crippen LogP contribution in [0.3, 0.4) is 0 Å². The smallest absolute Gasteiger partial charge is 0.335 e. The Morgan fingerprint density at radius 2 is 1.57 bits per heavy atom. The molecule has 2 N–H and O–H groups in total. The van der Waals surface area contributed by atoms with Gasteiger partial charge in [-0.2, -0.15) is 0 Å². The van der Waals surface area contributed by atoms with Gasteiger partial charge in [-0.05, 0) is 60.7 Å². The summed E-state index contributed by atoms with van der Waals surface area (Å²) in [5.74, 6) is -1.29. The Bertz CT molecular complexity index is 1050. The monoisotopic (exact) mass is 405 g/mol. The number of ether oxygens (including phenoxy) is 1. The van der Waals surface area contributed by atoms with Gasteiger partial charge in [0.15, 0.2) is 0 Å². The van der Waals surface area contributed by atoms with Gasteiger partial charge in [0.25, 0.3) is 0 Å². The first-order chi connectivity index (χ1) is 14.3. The van der Waals surface area contributed by atoms with Gasteiger partial charge in [-0.3, -0.25) is 4.79 Å². The first-order valence-electron chi connectivity index (χ1n) is 9.58. The molecule has 1 heterocycles. The number of nitrogens with zero attached hydrogens (tertiary/aromatic N) is 1. The SMILES string of the molecule is Cc1cc(C(=O)O)cc(C)c1-c1cccc(OCc2ccc(CCC(=O)O)cc2)n1. The second kappa shape index (κ2) is 9.22. The Morgan fingerprint density at radius 3 is 2.17 bits per heavy atom. The van der Waals surface area contributed by atoms with Gasteiger partial charge < -0.3 is 14.9 Å². The molecule has 6 nitrogen and oxygen atoms in total. The van der Waals surface area contributed by atoms with Crippen molar-refractivity contribution >= 4 is 11.9 Å². The minimum Gasteiger partial charge on any atom is -0.481 e. The van der Waals surface area contributed by atoms with Gasteiger partial charge in [-0.15, -0.1) is 0 Å². The Hall–Kier alpha value is -3.67. The number of benzene rings is 2. The number of hydrogen-bond donors (Lipinski definition) is 2. The highest BCUT2D eigenvalue weighted by molar-refractivity contribution is 5.89. The molecule has 0 saturated heterocycles. The van der Waals surface area contributed by atoms with Crippen LogP contribution in [-0.2, 0) is 17.8 Å². The van der Waals surface area contributed by atoms with Crippen LogP contribution in [0.1, 0.15) is 39.0 Å². The summed E-state index contributed by atoms with van der Waals surface area (Å²) in [6.45, 7) is 4.08. The molecule has 0 aliphatic carbocycles. The molecule has 0 aliphatic rings. The third kappa shape index (κ3) is 5.23. The molecule has 2 aromatic carbocycles. The molecule has 0 saturated carbocycles. The van der Waals surface area contributed by atoms with E-state index < -0.39 is 11.9 Å². The van der Waals surface area contributed by atoms with Crippen molar-refractivity contribution in [2.45, 2.75) is 33.3 Å². The predicted octanol–water partition coefficient (Wildman–Crippen LogP) is 4.66. The van der Waals surface area contributed by atoms with Crippen LogP contribution < -0.4 is 4.74 Å². The van der Waals surface area contributed by atoms with Crippen molar-refractivity contribution < 1.29 is 24.5 Å². The molecular weight excluding hydrogens is 382 g/mol. The summed E-state index contributed by atoms with van der Waals surface area (Å²) in [5, 5.41) is 18.0. The summed E-state index contributed by atoms with van der Waals surface area (Å²) in [6, 6.07) is 16.4. The van der Waals surface area contributed by atoms with Gasteiger partial charge in [0.1, 0.15) is 6.61 Å². The van der Waals surface area contributed by atoms with Crippen LogP contribution in [0.5, 0.6) is 5.88 Å². The number of carbonyl (C=O) groups is 2. The van der Waals surface area contributed by atoms with Gasteiger partial charge in [0.2, 0.25) is 5.88 Å². The van der Waals surface area contributed by atoms with Crippen molar-refractivity contribution in [3.05, 3.63) is 82.4 Å². The lowest BCUT2D eigenvalue weighted by Gasteiger charge is -2.12. The normalized spacial score (nSPS) is 10.6. The molecule has 30 heavy (non-hydrogen) atoms. The molecule has 3 aromatic rings. The fourth-order valence-corrected chi connectivity index (χ4v) is 3.34. The Morgan fingerprint density at radius 1 is 0.933 bits per heavy atom. The van der Waals surface area contributed by atoms with Crippen molar-refractivity contribution in [3.8, 4) is 17.1 Å². The lowest BCUT2D eigenvalue weighted by molar-refractivity contribution is -0.136. The minimum absolute atomic E-state index is 0.110. The molecule has 6 heteroatoms. The molecule has 1 aromatic heterocycles. The molecule has 0 atom stereocenters. The van der Waals surface area contributed by atoms with Crippen LogP contribution in [0, 0.1) is 13.8 Å². The zero-order valence-electron chi connectivity index (χ0n) is 16.9. The fraction of sp³-hybridized carbons (Fsp3) is 0.208. The average Bonchev–Trinajstić information content (AvgIpc) is 2.71. The maximum atomic E-state index is 11.3. The van der Waals surface area contributed by atoms with E-state index in [0.717, 1.165) is 33.5 Å². The number of aliphatic carboxylic acids is 1. The lowest BCUT2D eigenvalue weighted by atomic mass is 9.96. The van der Waals surface area contributed by atoms with Crippen LogP contribution in [0.25, 0.3) is 11.3 Å². The standard InChI is InChI=1S/C24H23NO5/c1-15-12-19(24(28)29)13-16(2)23(15)20-4-3-5-21(25-20)30-14-18-8-6-17(7-9-18)10-11-22(26)27/h3-9,12-13H,10-11,14H2,1-2H3,(H,26,27)(H,28,29). The van der Waals surface area contributed by atoms with Crippen molar-refractivity contribution in [1.29, 1.82) is 0 Å². The fourth-order valence-electron chi connectivity index (χ4n) is 3.34. The maximum Gasteiger partial charge on any atom is 0.335 e. The van der Waals surface area contributed by atoms with Crippen LogP contribution in [-0.4, -0.2) is 27.1 Å². The Labute approximate surface area is 174 Å². The first kappa shape index (κ1) is 21.0. The molecule has 0 fully saturated rings. The summed E-state index contributed by atoms with van der Waals surface area (Å²) in [6.07, 6.45) is 0.609. The van der Waals surface area contributed by atoms with E-state index in [0.29, 0.717) is 18.9 Å². The summed E-state index contributed by atoms with van der Waals surface area (Å²) < 4.78 is 5.83. The highest BCUT2D eigenvalue weighted by Crippen LogP contribution is 2.28. The Balaban J connectivity index is 1.72. The quantitative estimate of drug-likeness (QED) is 0.566. The van der Waals surface area contributed by atoms with E-state index in [1.165, 1.54) is 0 Å². The van der Waals surface area contributed by atoms with E-state index >= 15 is 0 Å². The van der Waals surface area contributed by atoms with Gasteiger partial charge in [-0.25, -0.2) is 9.78 Å². The lowest BCUT2D eigenvalue weighted by Crippen LogP contribution is -2.02. The number of carboxylic acids is 2. The summed E-state index contributed by atoms with van der Waals surface area (Å²) in [4.78, 5) is 26.5. The van der Waals surface area contributed by atoms with E-state index in [9.17, 15) is 14.7 Å². The second-order valence-corrected chi connectivity index (χ2v) is 7.15. The first-order valence-corrected chi connectivity index (χ1v) is 9.58. The van der Waals surface area contributed by atoms with E-state index in [4.69, 9.17) is 9.84 Å². The van der Waals surface area contributed by atoms with Crippen LogP contribution >= 0.6 is 0 Å². The van der Waals surface area contributed by atoms with Gasteiger partial charge in [0, 0.05) is 18.1 Å². The van der Waals surface area contributed by atoms with Gasteiger partial charge in [0.05, 0.1) is 11.3 Å². The minimum atomic E-state index is -0.952. The van der Waals surface area contributed by atoms with E-state index in [1.54, 1.807) is 18.2 Å². The second-order valence-electron chi connectivity index (χ2n) is 7.15. The topological polar surface area (TPSA) is 96.7 Å². The van der Waals surface area contributed by atoms with Crippen LogP contribution in [0.4, 0.5) is 0 Å². The van der Waals surface area contributed by atoms with E-state index in [2.05, 4.69) is 4.98 Å². The molecule has 3 rings (SSSR count). The maximum absolute atomic E-state index is 11.3. The number of hydrogen-bond acceptors (Lipinski definition) is 4. The van der Waals surface area contributed by atoms with E-state index in [-0.39, 0.29) is 12.0 Å². The number of aromatic carboxylic acids is 1. The zero-order chi connectivity index (χ0) is 21.7. The number of aryl methyl sites for hydroxylation is 3. The summed E-state index contributed by atoms with van der Waals surface area (Å²) >= 11 is 0. The van der Waals surface area contributed by atoms with Crippen LogP contribution in [0.15, 0.2) is 54.6 Å². The third-order valence-electron chi connectivity index (χ3n) is 4.80. The number of pyridine rings is 1. The van der Waals surface area contributed by atoms with Crippen LogP contribution in [0.2, 0.25) is 0 Å². The van der Waals surface area contributed by atoms with Crippen molar-refractivity contribution in [1.82, 2.24) is 4.98 Å². The molecule has 0 aliphatic heterocycles. The molecule has 0 bridgehead atoms. The average molecular weight is 405 g/mol. The molecule has 154 valence electrons. The number of carboxylic acid groups (broad SMARTS) is 2. The highest BCUT2D eigenvalue weighted by atomic mass is 16.5. The van der Waals surface area contributed by atoms with Crippen molar-refractivity contribution in [3.63, 3.8) is 0 Å². The van der Waals surface area contributed by atoms with E-state index in [1.807, 2.05) is 50.2 Å². The molecule has 0 amide bonds. The molecule has 0 unspecified atom stereocenters. The number of aromatic nitrogens is 1. The third-order valence-corrected chi connectivity index (χ3v) is 4.80. The van der Waals surface area contributed by atoms with Crippen molar-refractivity contribution in [2.24, 2.45) is 0 Å². The zero-order valence-corrected chi connectivity index (χ0v) is 16.9. The Kier molecular flexibility index (Phi) is 6.47. The van der Waals surface area contributed by atoms with Crippen molar-refractivity contribution in [2.75, 3.05) is 0 Å². The predicted molar refractivity (Wildman–Crippen MR) is 113 cm³/mol. The molecule has 0 spiro atoms. The number of rotatable bonds is 8. The summed E-state index contributed by atoms with van der Waals surface area (Å²) in [5.41, 5.74) is 5.49.